The number of ether oxygens (including phenoxy) is 2. The summed E-state index contributed by atoms with van der Waals surface area (Å²) >= 11 is 0. The minimum Gasteiger partial charge on any atom is -0.406 e. The van der Waals surface area contributed by atoms with Crippen LogP contribution in [0.2, 0.25) is 0 Å². The third-order valence-corrected chi connectivity index (χ3v) is 3.27. The molecule has 2 N–H and O–H groups in total. The molecule has 2 rings (SSSR count). The molecule has 0 amide bonds. The first-order chi connectivity index (χ1) is 8.96. The number of halogens is 3. The van der Waals surface area contributed by atoms with E-state index in [1.807, 2.05) is 0 Å². The van der Waals surface area contributed by atoms with E-state index in [4.69, 9.17) is 10.5 Å². The molecule has 0 aliphatic carbocycles. The lowest BCUT2D eigenvalue weighted by Crippen LogP contribution is -2.27. The van der Waals surface area contributed by atoms with Gasteiger partial charge in [-0.2, -0.15) is 0 Å². The van der Waals surface area contributed by atoms with Crippen LogP contribution >= 0.6 is 0 Å². The maximum Gasteiger partial charge on any atom is 0.573 e. The van der Waals surface area contributed by atoms with Crippen molar-refractivity contribution < 1.29 is 22.6 Å². The van der Waals surface area contributed by atoms with Crippen LogP contribution in [-0.4, -0.2) is 19.6 Å². The van der Waals surface area contributed by atoms with Crippen molar-refractivity contribution >= 4 is 0 Å². The molecule has 1 saturated heterocycles. The second-order valence-corrected chi connectivity index (χ2v) is 4.59. The fourth-order valence-electron chi connectivity index (χ4n) is 2.24. The molecule has 6 heteroatoms. The van der Waals surface area contributed by atoms with E-state index in [2.05, 4.69) is 4.74 Å². The maximum atomic E-state index is 12.0. The quantitative estimate of drug-likeness (QED) is 0.922. The molecule has 106 valence electrons. The lowest BCUT2D eigenvalue weighted by Gasteiger charge is -2.28. The first kappa shape index (κ1) is 14.1. The van der Waals surface area contributed by atoms with E-state index in [9.17, 15) is 13.2 Å². The van der Waals surface area contributed by atoms with Gasteiger partial charge in [0.2, 0.25) is 0 Å². The lowest BCUT2D eigenvalue weighted by molar-refractivity contribution is -0.274. The second kappa shape index (κ2) is 5.79. The highest BCUT2D eigenvalue weighted by Gasteiger charge is 2.31. The van der Waals surface area contributed by atoms with Gasteiger partial charge in [0.15, 0.2) is 0 Å². The predicted molar refractivity (Wildman–Crippen MR) is 63.6 cm³/mol. The summed E-state index contributed by atoms with van der Waals surface area (Å²) < 4.78 is 45.2. The molecule has 1 aliphatic rings. The average molecular weight is 275 g/mol. The van der Waals surface area contributed by atoms with Crippen molar-refractivity contribution in [1.82, 2.24) is 0 Å². The van der Waals surface area contributed by atoms with E-state index in [1.165, 1.54) is 12.1 Å². The number of hydrogen-bond donors (Lipinski definition) is 1. The van der Waals surface area contributed by atoms with Crippen LogP contribution in [0.1, 0.15) is 24.4 Å². The Hall–Kier alpha value is -1.27. The number of benzene rings is 1. The Balaban J connectivity index is 2.01. The molecule has 1 aromatic carbocycles. The first-order valence-electron chi connectivity index (χ1n) is 6.15. The smallest absolute Gasteiger partial charge is 0.406 e. The van der Waals surface area contributed by atoms with Gasteiger partial charge >= 0.3 is 6.36 Å². The number of hydrogen-bond acceptors (Lipinski definition) is 3. The van der Waals surface area contributed by atoms with Crippen LogP contribution in [0.4, 0.5) is 13.2 Å². The molecule has 1 aliphatic heterocycles. The van der Waals surface area contributed by atoms with Crippen LogP contribution in [-0.2, 0) is 4.74 Å². The second-order valence-electron chi connectivity index (χ2n) is 4.59. The maximum absolute atomic E-state index is 12.0. The van der Waals surface area contributed by atoms with E-state index in [1.54, 1.807) is 12.1 Å². The molecule has 0 bridgehead atoms. The van der Waals surface area contributed by atoms with E-state index in [0.717, 1.165) is 18.4 Å². The molecule has 1 fully saturated rings. The molecule has 0 saturated carbocycles. The van der Waals surface area contributed by atoms with Crippen LogP contribution in [0.25, 0.3) is 0 Å². The zero-order chi connectivity index (χ0) is 13.9. The van der Waals surface area contributed by atoms with Gasteiger partial charge in [0.25, 0.3) is 0 Å². The van der Waals surface area contributed by atoms with Crippen LogP contribution in [0.5, 0.6) is 5.75 Å². The summed E-state index contributed by atoms with van der Waals surface area (Å²) in [6.45, 7) is 1.38. The molecule has 0 spiro atoms. The number of alkyl halides is 3. The molecule has 3 nitrogen and oxygen atoms in total. The monoisotopic (exact) mass is 275 g/mol. The van der Waals surface area contributed by atoms with Crippen LogP contribution < -0.4 is 10.5 Å². The van der Waals surface area contributed by atoms with Gasteiger partial charge in [0, 0.05) is 19.3 Å². The zero-order valence-electron chi connectivity index (χ0n) is 10.3. The highest BCUT2D eigenvalue weighted by Crippen LogP contribution is 2.30. The van der Waals surface area contributed by atoms with Crippen LogP contribution in [0.15, 0.2) is 24.3 Å². The van der Waals surface area contributed by atoms with E-state index >= 15 is 0 Å². The standard InChI is InChI=1S/C13H16F3NO2/c14-13(15,16)19-11-3-1-9(2-4-11)12(17)10-5-7-18-8-6-10/h1-4,10,12H,5-8,17H2. The molecule has 1 heterocycles. The Morgan fingerprint density at radius 2 is 1.74 bits per heavy atom. The summed E-state index contributed by atoms with van der Waals surface area (Å²) in [5.41, 5.74) is 6.95. The summed E-state index contributed by atoms with van der Waals surface area (Å²) in [5, 5.41) is 0. The van der Waals surface area contributed by atoms with Crippen molar-refractivity contribution in [2.75, 3.05) is 13.2 Å². The van der Waals surface area contributed by atoms with Gasteiger partial charge in [0.05, 0.1) is 0 Å². The van der Waals surface area contributed by atoms with Crippen LogP contribution in [0, 0.1) is 5.92 Å². The van der Waals surface area contributed by atoms with Crippen molar-refractivity contribution in [3.63, 3.8) is 0 Å². The van der Waals surface area contributed by atoms with E-state index in [0.29, 0.717) is 19.1 Å². The Morgan fingerprint density at radius 3 is 2.26 bits per heavy atom. The number of rotatable bonds is 3. The van der Waals surface area contributed by atoms with Gasteiger partial charge in [-0.05, 0) is 36.5 Å². The van der Waals surface area contributed by atoms with Gasteiger partial charge in [0.1, 0.15) is 5.75 Å². The lowest BCUT2D eigenvalue weighted by atomic mass is 9.88. The first-order valence-corrected chi connectivity index (χ1v) is 6.15. The third-order valence-electron chi connectivity index (χ3n) is 3.27. The highest BCUT2D eigenvalue weighted by atomic mass is 19.4. The Kier molecular flexibility index (Phi) is 4.31. The van der Waals surface area contributed by atoms with E-state index in [-0.39, 0.29) is 11.8 Å². The predicted octanol–water partition coefficient (Wildman–Crippen LogP) is 3.01. The fourth-order valence-corrected chi connectivity index (χ4v) is 2.24. The zero-order valence-corrected chi connectivity index (χ0v) is 10.3. The molecule has 0 aromatic heterocycles. The summed E-state index contributed by atoms with van der Waals surface area (Å²) in [6.07, 6.45) is -2.91. The van der Waals surface area contributed by atoms with Gasteiger partial charge in [-0.3, -0.25) is 0 Å². The topological polar surface area (TPSA) is 44.5 Å². The van der Waals surface area contributed by atoms with Crippen molar-refractivity contribution in [1.29, 1.82) is 0 Å². The normalized spacial score (nSPS) is 19.2. The molecule has 19 heavy (non-hydrogen) atoms. The van der Waals surface area contributed by atoms with Crippen molar-refractivity contribution in [3.05, 3.63) is 29.8 Å². The van der Waals surface area contributed by atoms with Gasteiger partial charge in [-0.25, -0.2) is 0 Å². The molecule has 0 radical (unpaired) electrons. The molecule has 1 atom stereocenters. The largest absolute Gasteiger partial charge is 0.573 e. The van der Waals surface area contributed by atoms with Crippen molar-refractivity contribution in [2.45, 2.75) is 25.2 Å². The highest BCUT2D eigenvalue weighted by molar-refractivity contribution is 5.29. The minimum absolute atomic E-state index is 0.177. The summed E-state index contributed by atoms with van der Waals surface area (Å²) in [4.78, 5) is 0. The third kappa shape index (κ3) is 4.11. The average Bonchev–Trinajstić information content (AvgIpc) is 2.38. The molecular formula is C13H16F3NO2. The Bertz CT molecular complexity index is 399. The Labute approximate surface area is 109 Å². The van der Waals surface area contributed by atoms with E-state index < -0.39 is 6.36 Å². The molecule has 1 aromatic rings. The summed E-state index contributed by atoms with van der Waals surface area (Å²) in [5.74, 6) is 0.0820. The Morgan fingerprint density at radius 1 is 1.16 bits per heavy atom. The van der Waals surface area contributed by atoms with Crippen LogP contribution in [0.3, 0.4) is 0 Å². The van der Waals surface area contributed by atoms with Crippen molar-refractivity contribution in [2.24, 2.45) is 11.7 Å². The van der Waals surface area contributed by atoms with Gasteiger partial charge in [-0.1, -0.05) is 12.1 Å². The molecular weight excluding hydrogens is 259 g/mol. The summed E-state index contributed by atoms with van der Waals surface area (Å²) in [6, 6.07) is 5.58. The summed E-state index contributed by atoms with van der Waals surface area (Å²) in [7, 11) is 0. The minimum atomic E-state index is -4.66. The van der Waals surface area contributed by atoms with Crippen molar-refractivity contribution in [3.8, 4) is 5.75 Å². The fraction of sp³-hybridized carbons (Fsp3) is 0.538. The van der Waals surface area contributed by atoms with Gasteiger partial charge in [-0.15, -0.1) is 13.2 Å². The number of nitrogens with two attached hydrogens (primary N) is 1. The van der Waals surface area contributed by atoms with Gasteiger partial charge < -0.3 is 15.2 Å². The SMILES string of the molecule is NC(c1ccc(OC(F)(F)F)cc1)C1CCOCC1. The molecule has 1 unspecified atom stereocenters.